The van der Waals surface area contributed by atoms with Crippen molar-refractivity contribution in [3.8, 4) is 0 Å². The van der Waals surface area contributed by atoms with Crippen LogP contribution in [0.2, 0.25) is 0 Å². The molecule has 17 heavy (non-hydrogen) atoms. The quantitative estimate of drug-likeness (QED) is 0.863. The highest BCUT2D eigenvalue weighted by Crippen LogP contribution is 2.23. The standard InChI is InChI=1S/C11H15BrN2O3/c1-8-6-9(14-17-8)10(15)13-11(7-12)2-4-16-5-3-11/h6H,2-5,7H2,1H3,(H,13,15). The largest absolute Gasteiger partial charge is 0.381 e. The number of halogens is 1. The summed E-state index contributed by atoms with van der Waals surface area (Å²) < 4.78 is 10.2. The average Bonchev–Trinajstić information content (AvgIpc) is 2.77. The van der Waals surface area contributed by atoms with E-state index < -0.39 is 0 Å². The Balaban J connectivity index is 2.05. The number of hydrogen-bond donors (Lipinski definition) is 1. The van der Waals surface area contributed by atoms with Gasteiger partial charge in [-0.15, -0.1) is 0 Å². The van der Waals surface area contributed by atoms with Crippen molar-refractivity contribution in [1.82, 2.24) is 10.5 Å². The van der Waals surface area contributed by atoms with Crippen LogP contribution in [-0.2, 0) is 4.74 Å². The summed E-state index contributed by atoms with van der Waals surface area (Å²) in [6.45, 7) is 3.10. The molecule has 94 valence electrons. The minimum atomic E-state index is -0.234. The highest BCUT2D eigenvalue weighted by atomic mass is 79.9. The van der Waals surface area contributed by atoms with Gasteiger partial charge in [0.05, 0.1) is 5.54 Å². The first kappa shape index (κ1) is 12.6. The molecule has 1 saturated heterocycles. The molecule has 0 aromatic carbocycles. The number of carbonyl (C=O) groups excluding carboxylic acids is 1. The van der Waals surface area contributed by atoms with Crippen LogP contribution in [0.5, 0.6) is 0 Å². The van der Waals surface area contributed by atoms with Gasteiger partial charge in [0.25, 0.3) is 5.91 Å². The monoisotopic (exact) mass is 302 g/mol. The third-order valence-corrected chi connectivity index (χ3v) is 4.02. The second kappa shape index (κ2) is 5.18. The van der Waals surface area contributed by atoms with Crippen LogP contribution in [-0.4, -0.2) is 35.1 Å². The number of amides is 1. The lowest BCUT2D eigenvalue weighted by atomic mass is 9.92. The van der Waals surface area contributed by atoms with Gasteiger partial charge in [0, 0.05) is 24.6 Å². The number of rotatable bonds is 3. The second-order valence-electron chi connectivity index (χ2n) is 4.30. The van der Waals surface area contributed by atoms with Gasteiger partial charge in [-0.2, -0.15) is 0 Å². The van der Waals surface area contributed by atoms with Gasteiger partial charge in [-0.1, -0.05) is 21.1 Å². The van der Waals surface area contributed by atoms with Crippen molar-refractivity contribution < 1.29 is 14.1 Å². The van der Waals surface area contributed by atoms with Crippen molar-refractivity contribution >= 4 is 21.8 Å². The van der Waals surface area contributed by atoms with Crippen molar-refractivity contribution in [2.45, 2.75) is 25.3 Å². The molecule has 1 aromatic heterocycles. The zero-order valence-electron chi connectivity index (χ0n) is 9.66. The number of ether oxygens (including phenoxy) is 1. The van der Waals surface area contributed by atoms with Crippen LogP contribution >= 0.6 is 15.9 Å². The first-order chi connectivity index (χ1) is 8.15. The molecule has 1 N–H and O–H groups in total. The highest BCUT2D eigenvalue weighted by molar-refractivity contribution is 9.09. The van der Waals surface area contributed by atoms with E-state index in [0.29, 0.717) is 30.0 Å². The Morgan fingerprint density at radius 1 is 1.59 bits per heavy atom. The summed E-state index contributed by atoms with van der Waals surface area (Å²) in [5.41, 5.74) is 0.0941. The molecule has 5 nitrogen and oxygen atoms in total. The van der Waals surface area contributed by atoms with Gasteiger partial charge in [-0.3, -0.25) is 4.79 Å². The van der Waals surface area contributed by atoms with E-state index >= 15 is 0 Å². The fourth-order valence-electron chi connectivity index (χ4n) is 1.83. The minimum absolute atomic E-state index is 0.191. The third kappa shape index (κ3) is 2.87. The number of aryl methyl sites for hydroxylation is 1. The van der Waals surface area contributed by atoms with Crippen molar-refractivity contribution in [3.63, 3.8) is 0 Å². The number of carbonyl (C=O) groups is 1. The topological polar surface area (TPSA) is 64.4 Å². The number of nitrogens with zero attached hydrogens (tertiary/aromatic N) is 1. The molecule has 1 amide bonds. The molecule has 1 aromatic rings. The van der Waals surface area contributed by atoms with Crippen molar-refractivity contribution in [3.05, 3.63) is 17.5 Å². The lowest BCUT2D eigenvalue weighted by Gasteiger charge is -2.36. The van der Waals surface area contributed by atoms with E-state index in [2.05, 4.69) is 26.4 Å². The van der Waals surface area contributed by atoms with Gasteiger partial charge >= 0.3 is 0 Å². The number of hydrogen-bond acceptors (Lipinski definition) is 4. The van der Waals surface area contributed by atoms with Gasteiger partial charge < -0.3 is 14.6 Å². The first-order valence-electron chi connectivity index (χ1n) is 5.55. The smallest absolute Gasteiger partial charge is 0.273 e. The summed E-state index contributed by atoms with van der Waals surface area (Å²) >= 11 is 3.46. The van der Waals surface area contributed by atoms with Crippen LogP contribution in [0.25, 0.3) is 0 Å². The van der Waals surface area contributed by atoms with Crippen LogP contribution < -0.4 is 5.32 Å². The SMILES string of the molecule is Cc1cc(C(=O)NC2(CBr)CCOCC2)no1. The van der Waals surface area contributed by atoms with E-state index in [1.54, 1.807) is 13.0 Å². The number of alkyl halides is 1. The Kier molecular flexibility index (Phi) is 3.83. The summed E-state index contributed by atoms with van der Waals surface area (Å²) in [7, 11) is 0. The molecule has 0 atom stereocenters. The summed E-state index contributed by atoms with van der Waals surface area (Å²) in [4.78, 5) is 12.0. The molecule has 1 fully saturated rings. The maximum absolute atomic E-state index is 12.0. The molecule has 6 heteroatoms. The Labute approximate surface area is 108 Å². The van der Waals surface area contributed by atoms with Crippen LogP contribution in [0.1, 0.15) is 29.1 Å². The normalized spacial score (nSPS) is 18.9. The number of nitrogens with one attached hydrogen (secondary N) is 1. The Morgan fingerprint density at radius 3 is 2.82 bits per heavy atom. The van der Waals surface area contributed by atoms with Crippen molar-refractivity contribution in [1.29, 1.82) is 0 Å². The van der Waals surface area contributed by atoms with Gasteiger partial charge in [0.2, 0.25) is 0 Å². The Morgan fingerprint density at radius 2 is 2.29 bits per heavy atom. The molecule has 2 rings (SSSR count). The Bertz CT molecular complexity index is 399. The second-order valence-corrected chi connectivity index (χ2v) is 4.86. The van der Waals surface area contributed by atoms with E-state index in [9.17, 15) is 4.79 Å². The first-order valence-corrected chi connectivity index (χ1v) is 6.67. The minimum Gasteiger partial charge on any atom is -0.381 e. The molecule has 0 saturated carbocycles. The summed E-state index contributed by atoms with van der Waals surface area (Å²) in [6, 6.07) is 1.64. The van der Waals surface area contributed by atoms with Gasteiger partial charge in [0.1, 0.15) is 5.76 Å². The van der Waals surface area contributed by atoms with Crippen LogP contribution in [0.15, 0.2) is 10.6 Å². The molecule has 0 aliphatic carbocycles. The zero-order valence-corrected chi connectivity index (χ0v) is 11.2. The summed E-state index contributed by atoms with van der Waals surface area (Å²) in [5, 5.41) is 7.45. The molecular formula is C11H15BrN2O3. The molecule has 0 bridgehead atoms. The molecule has 0 spiro atoms. The Hall–Kier alpha value is -0.880. The summed E-state index contributed by atoms with van der Waals surface area (Å²) in [6.07, 6.45) is 1.61. The molecule has 1 aliphatic heterocycles. The molecule has 0 unspecified atom stereocenters. The van der Waals surface area contributed by atoms with Crippen LogP contribution in [0, 0.1) is 6.92 Å². The van der Waals surface area contributed by atoms with Crippen LogP contribution in [0.3, 0.4) is 0 Å². The maximum atomic E-state index is 12.0. The molecule has 0 radical (unpaired) electrons. The fraction of sp³-hybridized carbons (Fsp3) is 0.636. The van der Waals surface area contributed by atoms with Crippen LogP contribution in [0.4, 0.5) is 0 Å². The highest BCUT2D eigenvalue weighted by Gasteiger charge is 2.33. The van der Waals surface area contributed by atoms with Crippen molar-refractivity contribution in [2.24, 2.45) is 0 Å². The van der Waals surface area contributed by atoms with Gasteiger partial charge in [-0.25, -0.2) is 0 Å². The molecular weight excluding hydrogens is 288 g/mol. The van der Waals surface area contributed by atoms with Gasteiger partial charge in [0.15, 0.2) is 5.69 Å². The fourth-order valence-corrected chi connectivity index (χ4v) is 2.53. The van der Waals surface area contributed by atoms with Crippen molar-refractivity contribution in [2.75, 3.05) is 18.5 Å². The van der Waals surface area contributed by atoms with E-state index in [-0.39, 0.29) is 11.4 Å². The molecule has 1 aliphatic rings. The zero-order chi connectivity index (χ0) is 12.3. The van der Waals surface area contributed by atoms with Gasteiger partial charge in [-0.05, 0) is 19.8 Å². The lowest BCUT2D eigenvalue weighted by molar-refractivity contribution is 0.0439. The van der Waals surface area contributed by atoms with E-state index in [1.165, 1.54) is 0 Å². The van der Waals surface area contributed by atoms with E-state index in [0.717, 1.165) is 12.8 Å². The lowest BCUT2D eigenvalue weighted by Crippen LogP contribution is -2.53. The number of aromatic nitrogens is 1. The molecule has 2 heterocycles. The van der Waals surface area contributed by atoms with E-state index in [4.69, 9.17) is 9.26 Å². The third-order valence-electron chi connectivity index (χ3n) is 2.95. The van der Waals surface area contributed by atoms with E-state index in [1.807, 2.05) is 0 Å². The predicted octanol–water partition coefficient (Wildman–Crippen LogP) is 1.66. The average molecular weight is 303 g/mol. The summed E-state index contributed by atoms with van der Waals surface area (Å²) in [5.74, 6) is 0.443. The predicted molar refractivity (Wildman–Crippen MR) is 65.3 cm³/mol. The maximum Gasteiger partial charge on any atom is 0.273 e.